The van der Waals surface area contributed by atoms with Crippen LogP contribution in [-0.4, -0.2) is 15.7 Å². The summed E-state index contributed by atoms with van der Waals surface area (Å²) in [4.78, 5) is 26.1. The maximum Gasteiger partial charge on any atom is 0.259 e. The van der Waals surface area contributed by atoms with Gasteiger partial charge in [0.2, 0.25) is 5.43 Å². The third-order valence-electron chi connectivity index (χ3n) is 4.95. The molecule has 0 radical (unpaired) electrons. The summed E-state index contributed by atoms with van der Waals surface area (Å²) in [6, 6.07) is 22.3. The molecule has 4 aromatic rings. The van der Waals surface area contributed by atoms with Crippen molar-refractivity contribution in [3.05, 3.63) is 112 Å². The van der Waals surface area contributed by atoms with Crippen molar-refractivity contribution in [2.75, 3.05) is 5.32 Å². The summed E-state index contributed by atoms with van der Waals surface area (Å²) >= 11 is 0. The minimum absolute atomic E-state index is 0.120. The maximum absolute atomic E-state index is 14.2. The molecule has 4 rings (SSSR count). The molecule has 31 heavy (non-hydrogen) atoms. The highest BCUT2D eigenvalue weighted by atomic mass is 19.1. The van der Waals surface area contributed by atoms with Crippen LogP contribution in [0.5, 0.6) is 0 Å². The molecule has 0 aliphatic rings. The van der Waals surface area contributed by atoms with Crippen molar-refractivity contribution in [1.82, 2.24) is 9.78 Å². The van der Waals surface area contributed by atoms with Crippen LogP contribution in [0.4, 0.5) is 10.2 Å². The van der Waals surface area contributed by atoms with E-state index in [-0.39, 0.29) is 22.5 Å². The lowest BCUT2D eigenvalue weighted by Gasteiger charge is -2.18. The molecule has 1 N–H and O–H groups in total. The lowest BCUT2D eigenvalue weighted by molar-refractivity contribution is 0.102. The Hall–Kier alpha value is -4.06. The Morgan fingerprint density at radius 3 is 2.23 bits per heavy atom. The number of benzene rings is 3. The van der Waals surface area contributed by atoms with Gasteiger partial charge in [-0.05, 0) is 43.7 Å². The summed E-state index contributed by atoms with van der Waals surface area (Å²) in [5.41, 5.74) is 2.47. The third kappa shape index (κ3) is 4.00. The standard InChI is InChI=1S/C25H20FN3O2/c1-16-12-14-18(15-13-16)22-23(30)17(2)28-29(19-8-4-3-5-9-19)24(22)27-25(31)20-10-6-7-11-21(20)26/h3-15H,1-2H3,(H,27,31). The van der Waals surface area contributed by atoms with Crippen LogP contribution in [0.15, 0.2) is 83.7 Å². The van der Waals surface area contributed by atoms with Gasteiger partial charge in [0, 0.05) is 0 Å². The Morgan fingerprint density at radius 2 is 1.55 bits per heavy atom. The van der Waals surface area contributed by atoms with Crippen molar-refractivity contribution in [2.45, 2.75) is 13.8 Å². The average molecular weight is 413 g/mol. The number of carbonyl (C=O) groups excluding carboxylic acids is 1. The quantitative estimate of drug-likeness (QED) is 0.517. The Bertz CT molecular complexity index is 1310. The van der Waals surface area contributed by atoms with E-state index >= 15 is 0 Å². The van der Waals surface area contributed by atoms with Gasteiger partial charge in [-0.15, -0.1) is 0 Å². The molecular weight excluding hydrogens is 393 g/mol. The van der Waals surface area contributed by atoms with Crippen molar-refractivity contribution in [1.29, 1.82) is 0 Å². The predicted octanol–water partition coefficient (Wildman–Crippen LogP) is 4.91. The minimum Gasteiger partial charge on any atom is -0.306 e. The molecule has 0 aliphatic heterocycles. The zero-order valence-electron chi connectivity index (χ0n) is 17.1. The number of hydrogen-bond acceptors (Lipinski definition) is 3. The lowest BCUT2D eigenvalue weighted by atomic mass is 10.0. The molecule has 0 saturated heterocycles. The molecule has 1 aromatic heterocycles. The molecule has 0 atom stereocenters. The Morgan fingerprint density at radius 1 is 0.903 bits per heavy atom. The topological polar surface area (TPSA) is 64.0 Å². The van der Waals surface area contributed by atoms with E-state index < -0.39 is 11.7 Å². The van der Waals surface area contributed by atoms with Gasteiger partial charge in [-0.25, -0.2) is 9.07 Å². The summed E-state index contributed by atoms with van der Waals surface area (Å²) in [7, 11) is 0. The van der Waals surface area contributed by atoms with Gasteiger partial charge in [-0.3, -0.25) is 9.59 Å². The molecule has 0 saturated carbocycles. The molecule has 3 aromatic carbocycles. The molecule has 0 fully saturated rings. The monoisotopic (exact) mass is 413 g/mol. The highest BCUT2D eigenvalue weighted by Gasteiger charge is 2.21. The summed E-state index contributed by atoms with van der Waals surface area (Å²) in [5.74, 6) is -1.13. The lowest BCUT2D eigenvalue weighted by Crippen LogP contribution is -2.25. The maximum atomic E-state index is 14.2. The number of nitrogens with zero attached hydrogens (tertiary/aromatic N) is 2. The van der Waals surface area contributed by atoms with E-state index in [0.29, 0.717) is 16.8 Å². The number of anilines is 1. The Balaban J connectivity index is 1.97. The molecule has 0 aliphatic carbocycles. The van der Waals surface area contributed by atoms with Gasteiger partial charge in [0.1, 0.15) is 17.3 Å². The first-order valence-corrected chi connectivity index (χ1v) is 9.78. The van der Waals surface area contributed by atoms with Crippen molar-refractivity contribution in [3.8, 4) is 16.8 Å². The van der Waals surface area contributed by atoms with Gasteiger partial charge < -0.3 is 5.32 Å². The Kier molecular flexibility index (Phi) is 5.45. The SMILES string of the molecule is Cc1ccc(-c2c(NC(=O)c3ccccc3F)n(-c3ccccc3)nc(C)c2=O)cc1. The first kappa shape index (κ1) is 20.2. The van der Waals surface area contributed by atoms with E-state index in [2.05, 4.69) is 10.4 Å². The van der Waals surface area contributed by atoms with Gasteiger partial charge in [-0.1, -0.05) is 60.2 Å². The molecule has 0 unspecified atom stereocenters. The minimum atomic E-state index is -0.666. The summed E-state index contributed by atoms with van der Waals surface area (Å²) in [5, 5.41) is 7.15. The second-order valence-electron chi connectivity index (χ2n) is 7.19. The molecule has 5 nitrogen and oxygen atoms in total. The van der Waals surface area contributed by atoms with Crippen LogP contribution in [0.2, 0.25) is 0 Å². The molecule has 0 bridgehead atoms. The number of hydrogen-bond donors (Lipinski definition) is 1. The second-order valence-corrected chi connectivity index (χ2v) is 7.19. The molecular formula is C25H20FN3O2. The number of para-hydroxylation sites is 1. The highest BCUT2D eigenvalue weighted by Crippen LogP contribution is 2.28. The van der Waals surface area contributed by atoms with Crippen LogP contribution in [0.1, 0.15) is 21.6 Å². The number of rotatable bonds is 4. The van der Waals surface area contributed by atoms with Crippen LogP contribution >= 0.6 is 0 Å². The smallest absolute Gasteiger partial charge is 0.259 e. The van der Waals surface area contributed by atoms with E-state index in [4.69, 9.17) is 0 Å². The normalized spacial score (nSPS) is 10.7. The van der Waals surface area contributed by atoms with Gasteiger partial charge in [0.05, 0.1) is 16.8 Å². The molecule has 6 heteroatoms. The van der Waals surface area contributed by atoms with E-state index in [0.717, 1.165) is 5.56 Å². The Labute approximate surface area is 178 Å². The van der Waals surface area contributed by atoms with Crippen LogP contribution in [0.25, 0.3) is 16.8 Å². The summed E-state index contributed by atoms with van der Waals surface area (Å²) in [6.07, 6.45) is 0. The first-order chi connectivity index (χ1) is 15.0. The largest absolute Gasteiger partial charge is 0.306 e. The first-order valence-electron chi connectivity index (χ1n) is 9.78. The fraction of sp³-hybridized carbons (Fsp3) is 0.0800. The van der Waals surface area contributed by atoms with E-state index in [1.165, 1.54) is 22.9 Å². The van der Waals surface area contributed by atoms with E-state index in [1.54, 1.807) is 13.0 Å². The summed E-state index contributed by atoms with van der Waals surface area (Å²) in [6.45, 7) is 3.58. The predicted molar refractivity (Wildman–Crippen MR) is 119 cm³/mol. The van der Waals surface area contributed by atoms with Crippen LogP contribution in [-0.2, 0) is 0 Å². The number of aryl methyl sites for hydroxylation is 2. The van der Waals surface area contributed by atoms with E-state index in [1.807, 2.05) is 61.5 Å². The van der Waals surface area contributed by atoms with Gasteiger partial charge in [-0.2, -0.15) is 5.10 Å². The molecule has 154 valence electrons. The third-order valence-corrected chi connectivity index (χ3v) is 4.95. The van der Waals surface area contributed by atoms with E-state index in [9.17, 15) is 14.0 Å². The van der Waals surface area contributed by atoms with Crippen molar-refractivity contribution in [2.24, 2.45) is 0 Å². The number of nitrogens with one attached hydrogen (secondary N) is 1. The van der Waals surface area contributed by atoms with Gasteiger partial charge >= 0.3 is 0 Å². The fourth-order valence-electron chi connectivity index (χ4n) is 3.32. The van der Waals surface area contributed by atoms with Crippen LogP contribution in [0.3, 0.4) is 0 Å². The molecule has 1 amide bonds. The molecule has 0 spiro atoms. The fourth-order valence-corrected chi connectivity index (χ4v) is 3.32. The molecule has 1 heterocycles. The second kappa shape index (κ2) is 8.36. The number of carbonyl (C=O) groups is 1. The van der Waals surface area contributed by atoms with Crippen molar-refractivity contribution >= 4 is 11.7 Å². The van der Waals surface area contributed by atoms with Crippen molar-refractivity contribution < 1.29 is 9.18 Å². The van der Waals surface area contributed by atoms with Gasteiger partial charge in [0.25, 0.3) is 5.91 Å². The number of amides is 1. The van der Waals surface area contributed by atoms with Gasteiger partial charge in [0.15, 0.2) is 0 Å². The van der Waals surface area contributed by atoms with Crippen LogP contribution in [0, 0.1) is 19.7 Å². The van der Waals surface area contributed by atoms with Crippen molar-refractivity contribution in [3.63, 3.8) is 0 Å². The zero-order valence-corrected chi connectivity index (χ0v) is 17.1. The van der Waals surface area contributed by atoms with Crippen LogP contribution < -0.4 is 10.7 Å². The number of aromatic nitrogens is 2. The zero-order chi connectivity index (χ0) is 22.0. The number of halogens is 1. The summed E-state index contributed by atoms with van der Waals surface area (Å²) < 4.78 is 15.7. The highest BCUT2D eigenvalue weighted by molar-refractivity contribution is 6.06. The average Bonchev–Trinajstić information content (AvgIpc) is 2.78.